The van der Waals surface area contributed by atoms with Gasteiger partial charge in [-0.05, 0) is 55.5 Å². The van der Waals surface area contributed by atoms with Crippen LogP contribution in [0, 0.1) is 0 Å². The Morgan fingerprint density at radius 1 is 1.19 bits per heavy atom. The third-order valence-corrected chi connectivity index (χ3v) is 5.85. The number of halogens is 1. The van der Waals surface area contributed by atoms with Crippen molar-refractivity contribution in [2.45, 2.75) is 31.7 Å². The van der Waals surface area contributed by atoms with Crippen LogP contribution in [0.25, 0.3) is 0 Å². The summed E-state index contributed by atoms with van der Waals surface area (Å²) in [6, 6.07) is 11.4. The van der Waals surface area contributed by atoms with Gasteiger partial charge in [0.1, 0.15) is 0 Å². The van der Waals surface area contributed by atoms with Gasteiger partial charge in [0.2, 0.25) is 0 Å². The first-order valence-corrected chi connectivity index (χ1v) is 8.89. The lowest BCUT2D eigenvalue weighted by Crippen LogP contribution is -2.17. The summed E-state index contributed by atoms with van der Waals surface area (Å²) in [5.41, 5.74) is 3.97. The molecule has 2 aromatic rings. The Hall–Kier alpha value is -1.19. The maximum Gasteiger partial charge on any atom is 0.0934 e. The molecule has 110 valence electrons. The van der Waals surface area contributed by atoms with Crippen molar-refractivity contribution in [3.8, 4) is 0 Å². The quantitative estimate of drug-likeness (QED) is 0.846. The molecule has 0 radical (unpaired) electrons. The number of hydrogen-bond acceptors (Lipinski definition) is 3. The van der Waals surface area contributed by atoms with Crippen molar-refractivity contribution < 1.29 is 0 Å². The minimum absolute atomic E-state index is 0.414. The van der Waals surface area contributed by atoms with Crippen molar-refractivity contribution in [3.05, 3.63) is 45.1 Å². The lowest BCUT2D eigenvalue weighted by atomic mass is 10.1. The molecule has 2 nitrogen and oxygen atoms in total. The van der Waals surface area contributed by atoms with E-state index in [1.165, 1.54) is 54.2 Å². The molecule has 0 bridgehead atoms. The lowest BCUT2D eigenvalue weighted by Gasteiger charge is -2.20. The maximum absolute atomic E-state index is 6.14. The van der Waals surface area contributed by atoms with Gasteiger partial charge in [-0.15, -0.1) is 11.3 Å². The summed E-state index contributed by atoms with van der Waals surface area (Å²) >= 11 is 7.87. The number of rotatable bonds is 3. The smallest absolute Gasteiger partial charge is 0.0934 e. The number of hydrogen-bond donors (Lipinski definition) is 1. The zero-order chi connectivity index (χ0) is 14.2. The van der Waals surface area contributed by atoms with Crippen LogP contribution in [0.1, 0.15) is 35.7 Å². The van der Waals surface area contributed by atoms with Crippen LogP contribution in [0.5, 0.6) is 0 Å². The molecule has 4 heteroatoms. The number of aryl methyl sites for hydroxylation is 1. The lowest BCUT2D eigenvalue weighted by molar-refractivity contribution is 0.762. The van der Waals surface area contributed by atoms with E-state index in [9.17, 15) is 0 Å². The molecule has 1 aliphatic carbocycles. The van der Waals surface area contributed by atoms with Gasteiger partial charge in [0.15, 0.2) is 0 Å². The van der Waals surface area contributed by atoms with Gasteiger partial charge in [-0.25, -0.2) is 0 Å². The maximum atomic E-state index is 6.14. The first kappa shape index (κ1) is 13.5. The summed E-state index contributed by atoms with van der Waals surface area (Å²) in [5, 5.41) is 3.70. The van der Waals surface area contributed by atoms with Crippen LogP contribution >= 0.6 is 22.9 Å². The first-order chi connectivity index (χ1) is 10.3. The number of nitrogens with one attached hydrogen (secondary N) is 1. The van der Waals surface area contributed by atoms with E-state index in [0.717, 1.165) is 10.8 Å². The predicted octanol–water partition coefficient (Wildman–Crippen LogP) is 5.10. The monoisotopic (exact) mass is 318 g/mol. The van der Waals surface area contributed by atoms with E-state index in [1.807, 2.05) is 0 Å². The summed E-state index contributed by atoms with van der Waals surface area (Å²) in [7, 11) is 0. The van der Waals surface area contributed by atoms with Gasteiger partial charge in [-0.3, -0.25) is 0 Å². The van der Waals surface area contributed by atoms with Crippen molar-refractivity contribution in [2.75, 3.05) is 23.3 Å². The highest BCUT2D eigenvalue weighted by Gasteiger charge is 2.25. The fourth-order valence-corrected chi connectivity index (χ4v) is 4.81. The molecule has 1 aromatic carbocycles. The van der Waals surface area contributed by atoms with Gasteiger partial charge in [-0.2, -0.15) is 0 Å². The zero-order valence-corrected chi connectivity index (χ0v) is 13.5. The third kappa shape index (κ3) is 2.65. The van der Waals surface area contributed by atoms with Crippen LogP contribution < -0.4 is 10.2 Å². The highest BCUT2D eigenvalue weighted by atomic mass is 35.5. The van der Waals surface area contributed by atoms with Gasteiger partial charge in [0.05, 0.1) is 10.4 Å². The second kappa shape index (κ2) is 5.54. The van der Waals surface area contributed by atoms with Gasteiger partial charge in [0, 0.05) is 29.3 Å². The summed E-state index contributed by atoms with van der Waals surface area (Å²) in [6.45, 7) is 2.38. The number of fused-ring (bicyclic) bond motifs is 1. The van der Waals surface area contributed by atoms with Crippen LogP contribution in [0.2, 0.25) is 4.34 Å². The molecule has 1 atom stereocenters. The third-order valence-electron chi connectivity index (χ3n) is 4.51. The summed E-state index contributed by atoms with van der Waals surface area (Å²) < 4.78 is 0.914. The Morgan fingerprint density at radius 2 is 2.05 bits per heavy atom. The fourth-order valence-electron chi connectivity index (χ4n) is 3.45. The molecule has 1 N–H and O–H groups in total. The molecule has 1 aromatic heterocycles. The van der Waals surface area contributed by atoms with Crippen LogP contribution in [0.4, 0.5) is 11.4 Å². The van der Waals surface area contributed by atoms with Crippen molar-refractivity contribution >= 4 is 34.3 Å². The molecule has 1 unspecified atom stereocenters. The highest BCUT2D eigenvalue weighted by Crippen LogP contribution is 2.41. The Kier molecular flexibility index (Phi) is 3.56. The number of anilines is 2. The Labute approximate surface area is 134 Å². The molecular weight excluding hydrogens is 300 g/mol. The predicted molar refractivity (Wildman–Crippen MR) is 91.9 cm³/mol. The molecule has 0 amide bonds. The molecular formula is C17H19ClN2S. The molecule has 0 spiro atoms. The van der Waals surface area contributed by atoms with Crippen molar-refractivity contribution in [3.63, 3.8) is 0 Å². The van der Waals surface area contributed by atoms with E-state index in [0.29, 0.717) is 6.04 Å². The van der Waals surface area contributed by atoms with Gasteiger partial charge < -0.3 is 10.2 Å². The topological polar surface area (TPSA) is 15.3 Å². The van der Waals surface area contributed by atoms with Crippen LogP contribution in [-0.2, 0) is 6.42 Å². The van der Waals surface area contributed by atoms with E-state index in [-0.39, 0.29) is 0 Å². The average molecular weight is 319 g/mol. The standard InChI is InChI=1S/C17H19ClN2S/c18-17-11-14-15(6-7-16(14)21-17)19-12-4-3-5-13(10-12)20-8-1-2-9-20/h3-5,10-11,15,19H,1-2,6-9H2. The zero-order valence-electron chi connectivity index (χ0n) is 11.9. The largest absolute Gasteiger partial charge is 0.378 e. The van der Waals surface area contributed by atoms with E-state index in [4.69, 9.17) is 11.6 Å². The van der Waals surface area contributed by atoms with Crippen molar-refractivity contribution in [1.29, 1.82) is 0 Å². The normalized spacial score (nSPS) is 20.8. The minimum atomic E-state index is 0.414. The molecule has 0 saturated carbocycles. The van der Waals surface area contributed by atoms with E-state index >= 15 is 0 Å². The number of benzene rings is 1. The Balaban J connectivity index is 1.53. The van der Waals surface area contributed by atoms with Crippen molar-refractivity contribution in [2.24, 2.45) is 0 Å². The molecule has 2 heterocycles. The molecule has 1 saturated heterocycles. The van der Waals surface area contributed by atoms with Crippen molar-refractivity contribution in [1.82, 2.24) is 0 Å². The average Bonchev–Trinajstić information content (AvgIpc) is 3.18. The van der Waals surface area contributed by atoms with Crippen LogP contribution in [-0.4, -0.2) is 13.1 Å². The molecule has 21 heavy (non-hydrogen) atoms. The second-order valence-corrected chi connectivity index (χ2v) is 7.68. The van der Waals surface area contributed by atoms with Gasteiger partial charge in [-0.1, -0.05) is 17.7 Å². The fraction of sp³-hybridized carbons (Fsp3) is 0.412. The summed E-state index contributed by atoms with van der Waals surface area (Å²) in [6.07, 6.45) is 4.95. The highest BCUT2D eigenvalue weighted by molar-refractivity contribution is 7.16. The molecule has 4 rings (SSSR count). The Bertz CT molecular complexity index is 646. The SMILES string of the molecule is Clc1cc2c(s1)CCC2Nc1cccc(N2CCCC2)c1. The first-order valence-electron chi connectivity index (χ1n) is 7.69. The van der Waals surface area contributed by atoms with Crippen LogP contribution in [0.15, 0.2) is 30.3 Å². The van der Waals surface area contributed by atoms with Crippen LogP contribution in [0.3, 0.4) is 0 Å². The summed E-state index contributed by atoms with van der Waals surface area (Å²) in [4.78, 5) is 3.93. The van der Waals surface area contributed by atoms with Gasteiger partial charge >= 0.3 is 0 Å². The van der Waals surface area contributed by atoms with E-state index < -0.39 is 0 Å². The number of thiophene rings is 1. The minimum Gasteiger partial charge on any atom is -0.378 e. The number of nitrogens with zero attached hydrogens (tertiary/aromatic N) is 1. The summed E-state index contributed by atoms with van der Waals surface area (Å²) in [5.74, 6) is 0. The van der Waals surface area contributed by atoms with E-state index in [1.54, 1.807) is 11.3 Å². The Morgan fingerprint density at radius 3 is 2.90 bits per heavy atom. The van der Waals surface area contributed by atoms with Gasteiger partial charge in [0.25, 0.3) is 0 Å². The second-order valence-electron chi connectivity index (χ2n) is 5.91. The molecule has 2 aliphatic rings. The molecule has 1 aliphatic heterocycles. The van der Waals surface area contributed by atoms with E-state index in [2.05, 4.69) is 40.5 Å². The molecule has 1 fully saturated rings.